The molecule has 25 heavy (non-hydrogen) atoms. The van der Waals surface area contributed by atoms with E-state index in [2.05, 4.69) is 37.4 Å². The Balaban J connectivity index is 1.70. The van der Waals surface area contributed by atoms with E-state index in [0.29, 0.717) is 26.2 Å². The van der Waals surface area contributed by atoms with E-state index >= 15 is 0 Å². The molecule has 6 nitrogen and oxygen atoms in total. The molecule has 2 atom stereocenters. The molecule has 0 saturated carbocycles. The topological polar surface area (TPSA) is 61.9 Å². The van der Waals surface area contributed by atoms with Crippen LogP contribution in [0, 0.1) is 13.8 Å². The van der Waals surface area contributed by atoms with E-state index in [-0.39, 0.29) is 30.5 Å². The fourth-order valence-electron chi connectivity index (χ4n) is 3.47. The molecule has 2 aliphatic rings. The van der Waals surface area contributed by atoms with Crippen LogP contribution in [0.2, 0.25) is 0 Å². The Bertz CT molecular complexity index is 661. The van der Waals surface area contributed by atoms with Gasteiger partial charge >= 0.3 is 0 Å². The lowest BCUT2D eigenvalue weighted by molar-refractivity contribution is -0.149. The SMILES string of the molecule is Cc1ccc(C)c([C@@H]2CN(C(=O)CN3CCNCC3=O)[C@H](C)CO2)c1. The number of ether oxygens (including phenoxy) is 1. The van der Waals surface area contributed by atoms with Crippen molar-refractivity contribution < 1.29 is 14.3 Å². The molecule has 2 saturated heterocycles. The molecule has 2 aliphatic heterocycles. The lowest BCUT2D eigenvalue weighted by atomic mass is 9.99. The summed E-state index contributed by atoms with van der Waals surface area (Å²) < 4.78 is 6.02. The molecule has 2 amide bonds. The van der Waals surface area contributed by atoms with Gasteiger partial charge < -0.3 is 19.9 Å². The molecule has 0 unspecified atom stereocenters. The summed E-state index contributed by atoms with van der Waals surface area (Å²) in [6.07, 6.45) is -0.112. The van der Waals surface area contributed by atoms with Crippen molar-refractivity contribution in [2.75, 3.05) is 39.3 Å². The molecule has 6 heteroatoms. The summed E-state index contributed by atoms with van der Waals surface area (Å²) in [5.41, 5.74) is 3.50. The number of carbonyl (C=O) groups excluding carboxylic acids is 2. The van der Waals surface area contributed by atoms with Crippen molar-refractivity contribution in [3.8, 4) is 0 Å². The summed E-state index contributed by atoms with van der Waals surface area (Å²) in [5.74, 6) is -0.00653. The number of benzene rings is 1. The van der Waals surface area contributed by atoms with Gasteiger partial charge in [-0.25, -0.2) is 0 Å². The van der Waals surface area contributed by atoms with Crippen molar-refractivity contribution in [1.82, 2.24) is 15.1 Å². The van der Waals surface area contributed by atoms with E-state index in [0.717, 1.165) is 12.1 Å². The maximum Gasteiger partial charge on any atom is 0.242 e. The van der Waals surface area contributed by atoms with Crippen LogP contribution < -0.4 is 5.32 Å². The Morgan fingerprint density at radius 3 is 2.92 bits per heavy atom. The van der Waals surface area contributed by atoms with Gasteiger partial charge in [0.15, 0.2) is 0 Å². The normalized spacial score (nSPS) is 24.5. The van der Waals surface area contributed by atoms with E-state index in [9.17, 15) is 9.59 Å². The number of carbonyl (C=O) groups is 2. The molecule has 0 radical (unpaired) electrons. The van der Waals surface area contributed by atoms with E-state index in [1.54, 1.807) is 4.90 Å². The molecule has 0 bridgehead atoms. The number of nitrogens with zero attached hydrogens (tertiary/aromatic N) is 2. The van der Waals surface area contributed by atoms with Gasteiger partial charge in [0, 0.05) is 13.1 Å². The van der Waals surface area contributed by atoms with Crippen LogP contribution in [0.1, 0.15) is 29.7 Å². The maximum atomic E-state index is 12.8. The zero-order valence-corrected chi connectivity index (χ0v) is 15.2. The first-order valence-corrected chi connectivity index (χ1v) is 8.92. The molecule has 0 spiro atoms. The number of aryl methyl sites for hydroxylation is 2. The molecule has 3 rings (SSSR count). The number of piperazine rings is 1. The standard InChI is InChI=1S/C19H27N3O3/c1-13-4-5-14(2)16(8-13)17-10-22(15(3)12-25-17)19(24)11-21-7-6-20-9-18(21)23/h4-5,8,15,17,20H,6-7,9-12H2,1-3H3/t15-,17+/m1/s1. The lowest BCUT2D eigenvalue weighted by Crippen LogP contribution is -2.55. The number of hydrogen-bond acceptors (Lipinski definition) is 4. The van der Waals surface area contributed by atoms with Crippen molar-refractivity contribution in [3.05, 3.63) is 34.9 Å². The fraction of sp³-hybridized carbons (Fsp3) is 0.579. The third-order valence-electron chi connectivity index (χ3n) is 5.05. The van der Waals surface area contributed by atoms with Gasteiger partial charge in [0.05, 0.1) is 32.3 Å². The van der Waals surface area contributed by atoms with Crippen LogP contribution in [-0.4, -0.2) is 67.0 Å². The molecule has 1 aromatic rings. The number of amides is 2. The molecule has 0 aromatic heterocycles. The smallest absolute Gasteiger partial charge is 0.242 e. The second-order valence-corrected chi connectivity index (χ2v) is 7.07. The minimum Gasteiger partial charge on any atom is -0.370 e. The second-order valence-electron chi connectivity index (χ2n) is 7.07. The molecule has 2 heterocycles. The van der Waals surface area contributed by atoms with Crippen LogP contribution in [0.4, 0.5) is 0 Å². The Hall–Kier alpha value is -1.92. The Morgan fingerprint density at radius 1 is 1.36 bits per heavy atom. The van der Waals surface area contributed by atoms with Gasteiger partial charge in [0.25, 0.3) is 0 Å². The van der Waals surface area contributed by atoms with Crippen molar-refractivity contribution in [2.45, 2.75) is 32.9 Å². The Kier molecular flexibility index (Phi) is 5.39. The quantitative estimate of drug-likeness (QED) is 0.889. The molecule has 2 fully saturated rings. The van der Waals surface area contributed by atoms with Gasteiger partial charge in [0.1, 0.15) is 6.10 Å². The van der Waals surface area contributed by atoms with Crippen molar-refractivity contribution in [3.63, 3.8) is 0 Å². The van der Waals surface area contributed by atoms with Gasteiger partial charge in [-0.15, -0.1) is 0 Å². The largest absolute Gasteiger partial charge is 0.370 e. The number of nitrogens with one attached hydrogen (secondary N) is 1. The highest BCUT2D eigenvalue weighted by atomic mass is 16.5. The van der Waals surface area contributed by atoms with Crippen molar-refractivity contribution in [1.29, 1.82) is 0 Å². The van der Waals surface area contributed by atoms with Crippen LogP contribution >= 0.6 is 0 Å². The summed E-state index contributed by atoms with van der Waals surface area (Å²) in [5, 5.41) is 3.03. The highest BCUT2D eigenvalue weighted by molar-refractivity contribution is 5.86. The van der Waals surface area contributed by atoms with Crippen molar-refractivity contribution >= 4 is 11.8 Å². The summed E-state index contributed by atoms with van der Waals surface area (Å²) in [4.78, 5) is 28.3. The van der Waals surface area contributed by atoms with Gasteiger partial charge in [-0.1, -0.05) is 23.8 Å². The Labute approximate surface area is 149 Å². The van der Waals surface area contributed by atoms with E-state index in [4.69, 9.17) is 4.74 Å². The summed E-state index contributed by atoms with van der Waals surface area (Å²) in [7, 11) is 0. The first-order chi connectivity index (χ1) is 12.0. The third-order valence-corrected chi connectivity index (χ3v) is 5.05. The number of rotatable bonds is 3. The molecular formula is C19H27N3O3. The highest BCUT2D eigenvalue weighted by Gasteiger charge is 2.32. The minimum absolute atomic E-state index is 0.00126. The lowest BCUT2D eigenvalue weighted by Gasteiger charge is -2.40. The van der Waals surface area contributed by atoms with Crippen LogP contribution in [0.5, 0.6) is 0 Å². The average Bonchev–Trinajstić information content (AvgIpc) is 2.59. The van der Waals surface area contributed by atoms with Crippen LogP contribution in [-0.2, 0) is 14.3 Å². The van der Waals surface area contributed by atoms with Gasteiger partial charge in [-0.3, -0.25) is 9.59 Å². The summed E-state index contributed by atoms with van der Waals surface area (Å²) in [6.45, 7) is 8.98. The van der Waals surface area contributed by atoms with E-state index in [1.807, 2.05) is 11.8 Å². The fourth-order valence-corrected chi connectivity index (χ4v) is 3.47. The molecular weight excluding hydrogens is 318 g/mol. The molecule has 1 aromatic carbocycles. The van der Waals surface area contributed by atoms with E-state index in [1.165, 1.54) is 11.1 Å². The predicted molar refractivity (Wildman–Crippen MR) is 95.2 cm³/mol. The number of hydrogen-bond donors (Lipinski definition) is 1. The summed E-state index contributed by atoms with van der Waals surface area (Å²) >= 11 is 0. The zero-order chi connectivity index (χ0) is 18.0. The average molecular weight is 345 g/mol. The molecule has 136 valence electrons. The predicted octanol–water partition coefficient (Wildman–Crippen LogP) is 1.02. The minimum atomic E-state index is -0.112. The highest BCUT2D eigenvalue weighted by Crippen LogP contribution is 2.28. The van der Waals surface area contributed by atoms with E-state index < -0.39 is 0 Å². The van der Waals surface area contributed by atoms with Gasteiger partial charge in [0.2, 0.25) is 11.8 Å². The number of morpholine rings is 1. The third kappa shape index (κ3) is 4.02. The second kappa shape index (κ2) is 7.54. The van der Waals surface area contributed by atoms with Crippen LogP contribution in [0.15, 0.2) is 18.2 Å². The first-order valence-electron chi connectivity index (χ1n) is 8.92. The first kappa shape index (κ1) is 17.9. The van der Waals surface area contributed by atoms with Crippen LogP contribution in [0.3, 0.4) is 0 Å². The zero-order valence-electron chi connectivity index (χ0n) is 15.2. The van der Waals surface area contributed by atoms with Crippen molar-refractivity contribution in [2.24, 2.45) is 0 Å². The van der Waals surface area contributed by atoms with Gasteiger partial charge in [-0.05, 0) is 31.9 Å². The molecule has 0 aliphatic carbocycles. The molecule has 1 N–H and O–H groups in total. The summed E-state index contributed by atoms with van der Waals surface area (Å²) in [6, 6.07) is 6.34. The van der Waals surface area contributed by atoms with Gasteiger partial charge in [-0.2, -0.15) is 0 Å². The maximum absolute atomic E-state index is 12.8. The van der Waals surface area contributed by atoms with Crippen LogP contribution in [0.25, 0.3) is 0 Å². The monoisotopic (exact) mass is 345 g/mol. The Morgan fingerprint density at radius 2 is 2.16 bits per heavy atom.